The zero-order chi connectivity index (χ0) is 19.6. The molecular weight excluding hydrogens is 418 g/mol. The predicted molar refractivity (Wildman–Crippen MR) is 113 cm³/mol. The minimum Gasteiger partial charge on any atom is -0.485 e. The summed E-state index contributed by atoms with van der Waals surface area (Å²) < 4.78 is 12.7. The fourth-order valence-corrected chi connectivity index (χ4v) is 5.01. The fraction of sp³-hybridized carbons (Fsp3) is 0.435. The summed E-state index contributed by atoms with van der Waals surface area (Å²) >= 11 is 3.63. The van der Waals surface area contributed by atoms with Gasteiger partial charge in [0.25, 0.3) is 0 Å². The summed E-state index contributed by atoms with van der Waals surface area (Å²) in [5, 5.41) is 3.48. The SMILES string of the molecule is CCOC(=O)Cc1ccccc1OC1CC2(CCNCC2)c2ccc(Br)cc21. The number of benzene rings is 2. The second kappa shape index (κ2) is 8.26. The molecule has 1 aliphatic carbocycles. The van der Waals surface area contributed by atoms with Crippen LogP contribution in [-0.4, -0.2) is 25.7 Å². The van der Waals surface area contributed by atoms with E-state index in [1.54, 1.807) is 0 Å². The molecule has 1 N–H and O–H groups in total. The quantitative estimate of drug-likeness (QED) is 0.680. The van der Waals surface area contributed by atoms with E-state index in [9.17, 15) is 4.79 Å². The Morgan fingerprint density at radius 3 is 2.79 bits per heavy atom. The van der Waals surface area contributed by atoms with Crippen LogP contribution in [0.25, 0.3) is 0 Å². The molecule has 0 amide bonds. The van der Waals surface area contributed by atoms with Crippen LogP contribution < -0.4 is 10.1 Å². The number of nitrogens with one attached hydrogen (secondary N) is 1. The number of rotatable bonds is 5. The number of para-hydroxylation sites is 1. The lowest BCUT2D eigenvalue weighted by Gasteiger charge is -2.35. The van der Waals surface area contributed by atoms with Gasteiger partial charge in [0.2, 0.25) is 0 Å². The molecule has 1 saturated heterocycles. The highest BCUT2D eigenvalue weighted by molar-refractivity contribution is 9.10. The maximum Gasteiger partial charge on any atom is 0.310 e. The number of carbonyl (C=O) groups excluding carboxylic acids is 1. The monoisotopic (exact) mass is 443 g/mol. The first-order chi connectivity index (χ1) is 13.6. The van der Waals surface area contributed by atoms with Gasteiger partial charge in [0.05, 0.1) is 13.0 Å². The Hall–Kier alpha value is -1.85. The Kier molecular flexibility index (Phi) is 5.74. The normalized spacial score (nSPS) is 20.0. The van der Waals surface area contributed by atoms with Crippen molar-refractivity contribution in [2.75, 3.05) is 19.7 Å². The molecule has 0 aromatic heterocycles. The van der Waals surface area contributed by atoms with Gasteiger partial charge in [-0.2, -0.15) is 0 Å². The van der Waals surface area contributed by atoms with Crippen molar-refractivity contribution in [3.05, 3.63) is 63.6 Å². The van der Waals surface area contributed by atoms with Crippen molar-refractivity contribution in [1.29, 1.82) is 0 Å². The Labute approximate surface area is 174 Å². The number of fused-ring (bicyclic) bond motifs is 2. The van der Waals surface area contributed by atoms with Gasteiger partial charge in [-0.05, 0) is 68.6 Å². The summed E-state index contributed by atoms with van der Waals surface area (Å²) in [4.78, 5) is 12.0. The van der Waals surface area contributed by atoms with E-state index in [0.29, 0.717) is 6.61 Å². The summed E-state index contributed by atoms with van der Waals surface area (Å²) in [5.41, 5.74) is 3.75. The van der Waals surface area contributed by atoms with Crippen molar-refractivity contribution in [2.24, 2.45) is 0 Å². The summed E-state index contributed by atoms with van der Waals surface area (Å²) in [7, 11) is 0. The number of halogens is 1. The molecule has 1 spiro atoms. The van der Waals surface area contributed by atoms with Crippen molar-refractivity contribution in [2.45, 2.75) is 44.1 Å². The molecular formula is C23H26BrNO3. The molecule has 1 heterocycles. The highest BCUT2D eigenvalue weighted by Gasteiger charge is 2.45. The zero-order valence-electron chi connectivity index (χ0n) is 16.2. The maximum absolute atomic E-state index is 12.0. The average Bonchev–Trinajstić information content (AvgIpc) is 2.96. The summed E-state index contributed by atoms with van der Waals surface area (Å²) in [6.45, 7) is 4.30. The molecule has 2 aliphatic rings. The number of hydrogen-bond acceptors (Lipinski definition) is 4. The zero-order valence-corrected chi connectivity index (χ0v) is 17.8. The second-order valence-electron chi connectivity index (χ2n) is 7.66. The molecule has 1 unspecified atom stereocenters. The van der Waals surface area contributed by atoms with Crippen LogP contribution in [0.15, 0.2) is 46.9 Å². The highest BCUT2D eigenvalue weighted by atomic mass is 79.9. The van der Waals surface area contributed by atoms with Gasteiger partial charge in [0.1, 0.15) is 11.9 Å². The highest BCUT2D eigenvalue weighted by Crippen LogP contribution is 2.52. The van der Waals surface area contributed by atoms with Gasteiger partial charge < -0.3 is 14.8 Å². The lowest BCUT2D eigenvalue weighted by atomic mass is 9.74. The molecule has 1 aliphatic heterocycles. The molecule has 1 atom stereocenters. The minimum absolute atomic E-state index is 0.00561. The van der Waals surface area contributed by atoms with Gasteiger partial charge in [-0.25, -0.2) is 0 Å². The van der Waals surface area contributed by atoms with Crippen LogP contribution in [0.2, 0.25) is 0 Å². The van der Waals surface area contributed by atoms with Crippen LogP contribution in [0.1, 0.15) is 49.0 Å². The molecule has 4 nitrogen and oxygen atoms in total. The van der Waals surface area contributed by atoms with Gasteiger partial charge in [-0.15, -0.1) is 0 Å². The van der Waals surface area contributed by atoms with Crippen molar-refractivity contribution in [1.82, 2.24) is 5.32 Å². The first-order valence-electron chi connectivity index (χ1n) is 10.0. The third-order valence-corrected chi connectivity index (χ3v) is 6.44. The molecule has 2 aromatic rings. The van der Waals surface area contributed by atoms with Crippen LogP contribution in [0, 0.1) is 0 Å². The summed E-state index contributed by atoms with van der Waals surface area (Å²) in [5.74, 6) is 0.556. The Balaban J connectivity index is 1.63. The van der Waals surface area contributed by atoms with Gasteiger partial charge >= 0.3 is 5.97 Å². The summed E-state index contributed by atoms with van der Waals surface area (Å²) in [6, 6.07) is 14.4. The van der Waals surface area contributed by atoms with E-state index in [-0.39, 0.29) is 23.9 Å². The van der Waals surface area contributed by atoms with Crippen LogP contribution in [0.3, 0.4) is 0 Å². The van der Waals surface area contributed by atoms with Crippen molar-refractivity contribution in [3.63, 3.8) is 0 Å². The third kappa shape index (κ3) is 3.83. The molecule has 0 bridgehead atoms. The first-order valence-corrected chi connectivity index (χ1v) is 10.8. The van der Waals surface area contributed by atoms with E-state index < -0.39 is 0 Å². The largest absolute Gasteiger partial charge is 0.485 e. The van der Waals surface area contributed by atoms with Crippen molar-refractivity contribution >= 4 is 21.9 Å². The summed E-state index contributed by atoms with van der Waals surface area (Å²) in [6.07, 6.45) is 3.47. The average molecular weight is 444 g/mol. The number of carbonyl (C=O) groups is 1. The first kappa shape index (κ1) is 19.5. The van der Waals surface area contributed by atoms with Crippen molar-refractivity contribution < 1.29 is 14.3 Å². The number of esters is 1. The van der Waals surface area contributed by atoms with Crippen molar-refractivity contribution in [3.8, 4) is 5.75 Å². The van der Waals surface area contributed by atoms with Gasteiger partial charge in [-0.3, -0.25) is 4.79 Å². The van der Waals surface area contributed by atoms with Crippen LogP contribution in [0.4, 0.5) is 0 Å². The molecule has 5 heteroatoms. The number of ether oxygens (including phenoxy) is 2. The smallest absolute Gasteiger partial charge is 0.310 e. The molecule has 4 rings (SSSR count). The van der Waals surface area contributed by atoms with Gasteiger partial charge in [-0.1, -0.05) is 40.2 Å². The van der Waals surface area contributed by atoms with Gasteiger partial charge in [0, 0.05) is 15.5 Å². The molecule has 28 heavy (non-hydrogen) atoms. The van der Waals surface area contributed by atoms with Crippen LogP contribution in [-0.2, 0) is 21.4 Å². The second-order valence-corrected chi connectivity index (χ2v) is 8.58. The van der Waals surface area contributed by atoms with E-state index in [0.717, 1.165) is 48.1 Å². The van der Waals surface area contributed by atoms with Crippen LogP contribution >= 0.6 is 15.9 Å². The standard InChI is InChI=1S/C23H26BrNO3/c1-2-27-22(26)13-16-5-3-4-6-20(16)28-21-15-23(9-11-25-12-10-23)19-8-7-17(24)14-18(19)21/h3-8,14,21,25H,2,9-13,15H2,1H3. The topological polar surface area (TPSA) is 47.6 Å². The number of hydrogen-bond donors (Lipinski definition) is 1. The van der Waals surface area contributed by atoms with E-state index in [2.05, 4.69) is 39.4 Å². The van der Waals surface area contributed by atoms with Gasteiger partial charge in [0.15, 0.2) is 0 Å². The maximum atomic E-state index is 12.0. The third-order valence-electron chi connectivity index (χ3n) is 5.95. The lowest BCUT2D eigenvalue weighted by molar-refractivity contribution is -0.142. The minimum atomic E-state index is -0.219. The lowest BCUT2D eigenvalue weighted by Crippen LogP contribution is -2.38. The van der Waals surface area contributed by atoms with E-state index >= 15 is 0 Å². The Morgan fingerprint density at radius 1 is 1.21 bits per heavy atom. The van der Waals surface area contributed by atoms with E-state index in [1.807, 2.05) is 31.2 Å². The molecule has 1 fully saturated rings. The fourth-order valence-electron chi connectivity index (χ4n) is 4.63. The van der Waals surface area contributed by atoms with Crippen LogP contribution in [0.5, 0.6) is 5.75 Å². The van der Waals surface area contributed by atoms with E-state index in [1.165, 1.54) is 11.1 Å². The number of piperidine rings is 1. The Morgan fingerprint density at radius 2 is 2.00 bits per heavy atom. The molecule has 0 saturated carbocycles. The molecule has 2 aromatic carbocycles. The molecule has 0 radical (unpaired) electrons. The predicted octanol–water partition coefficient (Wildman–Crippen LogP) is 4.70. The van der Waals surface area contributed by atoms with E-state index in [4.69, 9.17) is 9.47 Å². The Bertz CT molecular complexity index is 861. The molecule has 148 valence electrons.